The summed E-state index contributed by atoms with van der Waals surface area (Å²) in [5.74, 6) is -0.283. The minimum atomic E-state index is -0.779. The van der Waals surface area contributed by atoms with Crippen molar-refractivity contribution in [1.82, 2.24) is 4.90 Å². The van der Waals surface area contributed by atoms with Crippen LogP contribution in [0.25, 0.3) is 0 Å². The summed E-state index contributed by atoms with van der Waals surface area (Å²) in [6.07, 6.45) is 0. The molecule has 5 nitrogen and oxygen atoms in total. The fourth-order valence-corrected chi connectivity index (χ4v) is 4.32. The fraction of sp³-hybridized carbons (Fsp3) is 0.400. The molecule has 2 aromatic rings. The molecule has 1 unspecified atom stereocenters. The normalized spacial score (nSPS) is 23.9. The average Bonchev–Trinajstić information content (AvgIpc) is 3.00. The topological polar surface area (TPSA) is 84.7 Å². The maximum Gasteiger partial charge on any atom is 0.239 e. The Morgan fingerprint density at radius 2 is 1.81 bits per heavy atom. The molecule has 2 atom stereocenters. The van der Waals surface area contributed by atoms with E-state index in [-0.39, 0.29) is 17.3 Å². The number of hydrogen-bond acceptors (Lipinski definition) is 5. The average molecular weight is 371 g/mol. The van der Waals surface area contributed by atoms with Crippen molar-refractivity contribution in [3.8, 4) is 0 Å². The molecule has 1 aromatic carbocycles. The highest BCUT2D eigenvalue weighted by Crippen LogP contribution is 2.46. The molecule has 0 bridgehead atoms. The first-order valence-electron chi connectivity index (χ1n) is 8.62. The Morgan fingerprint density at radius 1 is 1.19 bits per heavy atom. The lowest BCUT2D eigenvalue weighted by atomic mass is 9.76. The van der Waals surface area contributed by atoms with E-state index < -0.39 is 11.5 Å². The number of guanidine groups is 1. The number of nitrogen functional groups attached to an aromatic ring is 1. The molecule has 3 rings (SSSR count). The molecule has 138 valence electrons. The van der Waals surface area contributed by atoms with E-state index in [0.717, 1.165) is 10.4 Å². The zero-order valence-corrected chi connectivity index (χ0v) is 16.7. The highest BCUT2D eigenvalue weighted by molar-refractivity contribution is 7.10. The lowest BCUT2D eigenvalue weighted by Gasteiger charge is -2.40. The molecule has 0 aliphatic carbocycles. The standard InChI is InChI=1S/C20H26N4OS/c1-19(2,3)13-8-6-12(7-9-13)16-17(25)24(5)18(22)23-20(16,4)15-10-14(21)11-26-15/h6-11,16H,21H2,1-5H3,(H2,22,23)/t16?,20-/m1/s1. The van der Waals surface area contributed by atoms with Gasteiger partial charge in [0, 0.05) is 23.0 Å². The Hall–Kier alpha value is -2.34. The van der Waals surface area contributed by atoms with E-state index in [4.69, 9.17) is 16.5 Å². The van der Waals surface area contributed by atoms with Crippen LogP contribution in [0.15, 0.2) is 40.7 Å². The molecular weight excluding hydrogens is 344 g/mol. The van der Waals surface area contributed by atoms with Gasteiger partial charge in [-0.3, -0.25) is 9.69 Å². The van der Waals surface area contributed by atoms with Crippen LogP contribution in [0.1, 0.15) is 49.6 Å². The van der Waals surface area contributed by atoms with Crippen LogP contribution >= 0.6 is 11.3 Å². The minimum Gasteiger partial charge on any atom is -0.398 e. The maximum absolute atomic E-state index is 13.2. The molecule has 0 spiro atoms. The summed E-state index contributed by atoms with van der Waals surface area (Å²) in [5, 5.41) is 1.87. The van der Waals surface area contributed by atoms with E-state index >= 15 is 0 Å². The maximum atomic E-state index is 13.2. The second-order valence-corrected chi connectivity index (χ2v) is 8.98. The first kappa shape index (κ1) is 18.5. The van der Waals surface area contributed by atoms with Gasteiger partial charge in [-0.25, -0.2) is 4.99 Å². The lowest BCUT2D eigenvalue weighted by Crippen LogP contribution is -2.52. The van der Waals surface area contributed by atoms with Crippen molar-refractivity contribution in [2.24, 2.45) is 10.7 Å². The molecule has 0 fully saturated rings. The van der Waals surface area contributed by atoms with E-state index in [1.54, 1.807) is 7.05 Å². The highest BCUT2D eigenvalue weighted by atomic mass is 32.1. The third kappa shape index (κ3) is 2.98. The molecule has 1 aliphatic rings. The number of amides is 1. The molecule has 1 aromatic heterocycles. The number of aliphatic imine (C=N–C) groups is 1. The Kier molecular flexibility index (Phi) is 4.35. The smallest absolute Gasteiger partial charge is 0.239 e. The van der Waals surface area contributed by atoms with Gasteiger partial charge in [-0.2, -0.15) is 0 Å². The highest BCUT2D eigenvalue weighted by Gasteiger charge is 2.48. The van der Waals surface area contributed by atoms with Gasteiger partial charge in [0.05, 0.1) is 5.92 Å². The van der Waals surface area contributed by atoms with E-state index in [2.05, 4.69) is 32.9 Å². The minimum absolute atomic E-state index is 0.0555. The zero-order valence-electron chi connectivity index (χ0n) is 15.9. The van der Waals surface area contributed by atoms with Crippen LogP contribution in [-0.4, -0.2) is 23.8 Å². The molecule has 4 N–H and O–H groups in total. The number of benzene rings is 1. The summed E-state index contributed by atoms with van der Waals surface area (Å²) in [5.41, 5.74) is 14.1. The summed E-state index contributed by atoms with van der Waals surface area (Å²) >= 11 is 1.51. The predicted molar refractivity (Wildman–Crippen MR) is 108 cm³/mol. The van der Waals surface area contributed by atoms with Gasteiger partial charge in [-0.1, -0.05) is 45.0 Å². The largest absolute Gasteiger partial charge is 0.398 e. The Morgan fingerprint density at radius 3 is 2.31 bits per heavy atom. The number of thiophene rings is 1. The third-order valence-corrected chi connectivity index (χ3v) is 6.23. The van der Waals surface area contributed by atoms with Gasteiger partial charge in [0.1, 0.15) is 5.54 Å². The van der Waals surface area contributed by atoms with Crippen molar-refractivity contribution in [3.05, 3.63) is 51.7 Å². The van der Waals surface area contributed by atoms with Crippen molar-refractivity contribution in [2.75, 3.05) is 12.8 Å². The third-order valence-electron chi connectivity index (χ3n) is 5.06. The molecule has 0 radical (unpaired) electrons. The van der Waals surface area contributed by atoms with E-state index in [1.807, 2.05) is 30.5 Å². The number of hydrogen-bond donors (Lipinski definition) is 2. The van der Waals surface area contributed by atoms with Gasteiger partial charge in [-0.15, -0.1) is 11.3 Å². The first-order chi connectivity index (χ1) is 12.0. The van der Waals surface area contributed by atoms with Gasteiger partial charge >= 0.3 is 0 Å². The number of likely N-dealkylation sites (N-methyl/N-ethyl adjacent to an activating group) is 1. The first-order valence-corrected chi connectivity index (χ1v) is 9.50. The molecule has 2 heterocycles. The number of rotatable bonds is 2. The number of nitrogens with two attached hydrogens (primary N) is 2. The molecule has 0 saturated heterocycles. The van der Waals surface area contributed by atoms with Crippen LogP contribution in [-0.2, 0) is 15.7 Å². The number of carbonyl (C=O) groups is 1. The van der Waals surface area contributed by atoms with Crippen LogP contribution in [0.2, 0.25) is 0 Å². The van der Waals surface area contributed by atoms with Crippen LogP contribution < -0.4 is 11.5 Å². The second-order valence-electron chi connectivity index (χ2n) is 8.06. The van der Waals surface area contributed by atoms with Crippen LogP contribution in [0.4, 0.5) is 5.69 Å². The summed E-state index contributed by atoms with van der Waals surface area (Å²) in [7, 11) is 1.67. The van der Waals surface area contributed by atoms with Crippen molar-refractivity contribution in [2.45, 2.75) is 44.6 Å². The molecule has 1 amide bonds. The fourth-order valence-electron chi connectivity index (χ4n) is 3.38. The van der Waals surface area contributed by atoms with E-state index in [1.165, 1.54) is 21.8 Å². The summed E-state index contributed by atoms with van der Waals surface area (Å²) in [6, 6.07) is 10.1. The summed E-state index contributed by atoms with van der Waals surface area (Å²) < 4.78 is 0. The summed E-state index contributed by atoms with van der Waals surface area (Å²) in [4.78, 5) is 20.2. The van der Waals surface area contributed by atoms with Crippen molar-refractivity contribution in [1.29, 1.82) is 0 Å². The van der Waals surface area contributed by atoms with Crippen molar-refractivity contribution < 1.29 is 4.79 Å². The van der Waals surface area contributed by atoms with E-state index in [9.17, 15) is 4.79 Å². The van der Waals surface area contributed by atoms with Crippen molar-refractivity contribution in [3.63, 3.8) is 0 Å². The molecule has 1 aliphatic heterocycles. The van der Waals surface area contributed by atoms with Gasteiger partial charge < -0.3 is 11.5 Å². The lowest BCUT2D eigenvalue weighted by molar-refractivity contribution is -0.130. The van der Waals surface area contributed by atoms with Crippen molar-refractivity contribution >= 4 is 28.9 Å². The van der Waals surface area contributed by atoms with Crippen LogP contribution in [0, 0.1) is 0 Å². The van der Waals surface area contributed by atoms with Crippen LogP contribution in [0.3, 0.4) is 0 Å². The van der Waals surface area contributed by atoms with E-state index in [0.29, 0.717) is 5.69 Å². The van der Waals surface area contributed by atoms with Gasteiger partial charge in [0.25, 0.3) is 0 Å². The quantitative estimate of drug-likeness (QED) is 0.849. The molecule has 0 saturated carbocycles. The molecule has 6 heteroatoms. The molecule has 26 heavy (non-hydrogen) atoms. The Labute approximate surface area is 158 Å². The Balaban J connectivity index is 2.14. The monoisotopic (exact) mass is 370 g/mol. The number of nitrogens with zero attached hydrogens (tertiary/aromatic N) is 2. The Bertz CT molecular complexity index is 863. The SMILES string of the molecule is CN1C(=O)C(c2ccc(C(C)(C)C)cc2)[C@@](C)(c2cc(N)cs2)N=C1N. The number of anilines is 1. The second kappa shape index (κ2) is 6.13. The zero-order chi connectivity index (χ0) is 19.3. The summed E-state index contributed by atoms with van der Waals surface area (Å²) in [6.45, 7) is 8.47. The molecular formula is C20H26N4OS. The van der Waals surface area contributed by atoms with Crippen LogP contribution in [0.5, 0.6) is 0 Å². The predicted octanol–water partition coefficient (Wildman–Crippen LogP) is 3.41. The number of carbonyl (C=O) groups excluding carboxylic acids is 1. The van der Waals surface area contributed by atoms with Gasteiger partial charge in [0.15, 0.2) is 5.96 Å². The van der Waals surface area contributed by atoms with Gasteiger partial charge in [-0.05, 0) is 29.5 Å². The van der Waals surface area contributed by atoms with Gasteiger partial charge in [0.2, 0.25) is 5.91 Å².